The largest absolute Gasteiger partial charge is 0.480 e. The molecule has 1 N–H and O–H groups in total. The molecule has 0 aromatic heterocycles. The number of hydrogen-bond acceptors (Lipinski definition) is 2. The van der Waals surface area contributed by atoms with Gasteiger partial charge < -0.3 is 10.0 Å². The van der Waals surface area contributed by atoms with E-state index < -0.39 is 5.97 Å². The predicted octanol–water partition coefficient (Wildman–Crippen LogP) is 2.68. The molecule has 1 aromatic rings. The highest BCUT2D eigenvalue weighted by atomic mass is 16.4. The third-order valence-electron chi connectivity index (χ3n) is 2.89. The molecular weight excluding hydrogens is 242 g/mol. The van der Waals surface area contributed by atoms with E-state index in [4.69, 9.17) is 5.11 Å². The van der Waals surface area contributed by atoms with E-state index in [0.717, 1.165) is 24.8 Å². The molecule has 19 heavy (non-hydrogen) atoms. The SMILES string of the molecule is CCCCCC(=O)N(CC(=O)O)Cc1ccccc1. The average Bonchev–Trinajstić information content (AvgIpc) is 2.39. The third kappa shape index (κ3) is 6.04. The van der Waals surface area contributed by atoms with Crippen LogP contribution in [0.25, 0.3) is 0 Å². The summed E-state index contributed by atoms with van der Waals surface area (Å²) < 4.78 is 0. The molecular formula is C15H21NO3. The molecule has 0 unspecified atom stereocenters. The number of carboxylic acid groups (broad SMARTS) is 1. The number of amides is 1. The maximum absolute atomic E-state index is 12.0. The van der Waals surface area contributed by atoms with Crippen LogP contribution in [0.3, 0.4) is 0 Å². The average molecular weight is 263 g/mol. The Hall–Kier alpha value is -1.84. The van der Waals surface area contributed by atoms with Crippen LogP contribution in [-0.2, 0) is 16.1 Å². The van der Waals surface area contributed by atoms with E-state index in [2.05, 4.69) is 6.92 Å². The van der Waals surface area contributed by atoms with Crippen molar-refractivity contribution in [2.75, 3.05) is 6.54 Å². The smallest absolute Gasteiger partial charge is 0.323 e. The fraction of sp³-hybridized carbons (Fsp3) is 0.467. The van der Waals surface area contributed by atoms with Crippen LogP contribution in [0.15, 0.2) is 30.3 Å². The first kappa shape index (κ1) is 15.2. The first-order chi connectivity index (χ1) is 9.13. The summed E-state index contributed by atoms with van der Waals surface area (Å²) in [6.07, 6.45) is 3.29. The number of rotatable bonds is 8. The second kappa shape index (κ2) is 8.29. The zero-order valence-corrected chi connectivity index (χ0v) is 11.3. The number of nitrogens with zero attached hydrogens (tertiary/aromatic N) is 1. The quantitative estimate of drug-likeness (QED) is 0.734. The lowest BCUT2D eigenvalue weighted by Gasteiger charge is -2.20. The fourth-order valence-electron chi connectivity index (χ4n) is 1.88. The molecule has 0 radical (unpaired) electrons. The summed E-state index contributed by atoms with van der Waals surface area (Å²) in [5.74, 6) is -1.06. The highest BCUT2D eigenvalue weighted by molar-refractivity contribution is 5.81. The summed E-state index contributed by atoms with van der Waals surface area (Å²) >= 11 is 0. The second-order valence-electron chi connectivity index (χ2n) is 4.59. The zero-order valence-electron chi connectivity index (χ0n) is 11.3. The molecule has 0 fully saturated rings. The topological polar surface area (TPSA) is 57.6 Å². The van der Waals surface area contributed by atoms with E-state index in [1.54, 1.807) is 0 Å². The Labute approximate surface area is 114 Å². The van der Waals surface area contributed by atoms with Crippen LogP contribution in [0, 0.1) is 0 Å². The van der Waals surface area contributed by atoms with Gasteiger partial charge in [-0.3, -0.25) is 9.59 Å². The molecule has 0 aliphatic rings. The number of carbonyl (C=O) groups is 2. The van der Waals surface area contributed by atoms with Gasteiger partial charge in [-0.15, -0.1) is 0 Å². The van der Waals surface area contributed by atoms with E-state index in [1.165, 1.54) is 4.90 Å². The van der Waals surface area contributed by atoms with Crippen molar-refractivity contribution in [2.24, 2.45) is 0 Å². The summed E-state index contributed by atoms with van der Waals surface area (Å²) in [6, 6.07) is 9.46. The first-order valence-electron chi connectivity index (χ1n) is 6.67. The Kier molecular flexibility index (Phi) is 6.64. The zero-order chi connectivity index (χ0) is 14.1. The van der Waals surface area contributed by atoms with Gasteiger partial charge in [0.15, 0.2) is 0 Å². The lowest BCUT2D eigenvalue weighted by Crippen LogP contribution is -2.35. The molecule has 4 nitrogen and oxygen atoms in total. The van der Waals surface area contributed by atoms with E-state index in [1.807, 2.05) is 30.3 Å². The van der Waals surface area contributed by atoms with Crippen LogP contribution in [0.4, 0.5) is 0 Å². The molecule has 1 rings (SSSR count). The Balaban J connectivity index is 2.60. The number of unbranched alkanes of at least 4 members (excludes halogenated alkanes) is 2. The monoisotopic (exact) mass is 263 g/mol. The van der Waals surface area contributed by atoms with Gasteiger partial charge in [-0.2, -0.15) is 0 Å². The van der Waals surface area contributed by atoms with E-state index >= 15 is 0 Å². The number of carbonyl (C=O) groups excluding carboxylic acids is 1. The molecule has 1 aromatic carbocycles. The van der Waals surface area contributed by atoms with Crippen molar-refractivity contribution >= 4 is 11.9 Å². The number of benzene rings is 1. The Morgan fingerprint density at radius 1 is 1.16 bits per heavy atom. The van der Waals surface area contributed by atoms with Crippen LogP contribution in [-0.4, -0.2) is 28.4 Å². The Bertz CT molecular complexity index is 403. The molecule has 0 heterocycles. The molecule has 1 amide bonds. The Morgan fingerprint density at radius 2 is 1.84 bits per heavy atom. The van der Waals surface area contributed by atoms with Crippen LogP contribution in [0.1, 0.15) is 38.2 Å². The van der Waals surface area contributed by atoms with Gasteiger partial charge in [-0.1, -0.05) is 50.1 Å². The second-order valence-corrected chi connectivity index (χ2v) is 4.59. The maximum atomic E-state index is 12.0. The van der Waals surface area contributed by atoms with Crippen molar-refractivity contribution in [3.8, 4) is 0 Å². The maximum Gasteiger partial charge on any atom is 0.323 e. The van der Waals surface area contributed by atoms with Gasteiger partial charge in [0.25, 0.3) is 0 Å². The van der Waals surface area contributed by atoms with Crippen molar-refractivity contribution < 1.29 is 14.7 Å². The minimum absolute atomic E-state index is 0.0836. The van der Waals surface area contributed by atoms with Gasteiger partial charge in [0.05, 0.1) is 0 Å². The van der Waals surface area contributed by atoms with Gasteiger partial charge in [0.1, 0.15) is 6.54 Å². The molecule has 0 saturated heterocycles. The molecule has 0 aliphatic heterocycles. The van der Waals surface area contributed by atoms with Crippen LogP contribution >= 0.6 is 0 Å². The highest BCUT2D eigenvalue weighted by Crippen LogP contribution is 2.08. The summed E-state index contributed by atoms with van der Waals surface area (Å²) in [4.78, 5) is 24.3. The summed E-state index contributed by atoms with van der Waals surface area (Å²) in [5.41, 5.74) is 0.951. The molecule has 104 valence electrons. The van der Waals surface area contributed by atoms with Gasteiger partial charge >= 0.3 is 5.97 Å². The van der Waals surface area contributed by atoms with Gasteiger partial charge in [0.2, 0.25) is 5.91 Å². The minimum atomic E-state index is -0.972. The van der Waals surface area contributed by atoms with Crippen molar-refractivity contribution in [1.82, 2.24) is 4.90 Å². The van der Waals surface area contributed by atoms with Crippen molar-refractivity contribution in [2.45, 2.75) is 39.2 Å². The molecule has 0 aliphatic carbocycles. The standard InChI is InChI=1S/C15H21NO3/c1-2-3-5-10-14(17)16(12-15(18)19)11-13-8-6-4-7-9-13/h4,6-9H,2-3,5,10-12H2,1H3,(H,18,19). The molecule has 0 saturated carbocycles. The third-order valence-corrected chi connectivity index (χ3v) is 2.89. The Morgan fingerprint density at radius 3 is 2.42 bits per heavy atom. The van der Waals surface area contributed by atoms with E-state index in [9.17, 15) is 9.59 Å². The molecule has 0 bridgehead atoms. The summed E-state index contributed by atoms with van der Waals surface area (Å²) in [7, 11) is 0. The summed E-state index contributed by atoms with van der Waals surface area (Å²) in [5, 5.41) is 8.89. The fourth-order valence-corrected chi connectivity index (χ4v) is 1.88. The molecule has 0 spiro atoms. The normalized spacial score (nSPS) is 10.2. The van der Waals surface area contributed by atoms with E-state index in [0.29, 0.717) is 13.0 Å². The number of carboxylic acids is 1. The lowest BCUT2D eigenvalue weighted by atomic mass is 10.1. The summed E-state index contributed by atoms with van der Waals surface area (Å²) in [6.45, 7) is 2.20. The number of aliphatic carboxylic acids is 1. The van der Waals surface area contributed by atoms with Gasteiger partial charge in [0, 0.05) is 13.0 Å². The first-order valence-corrected chi connectivity index (χ1v) is 6.67. The van der Waals surface area contributed by atoms with Crippen LogP contribution in [0.5, 0.6) is 0 Å². The molecule has 0 atom stereocenters. The number of hydrogen-bond donors (Lipinski definition) is 1. The van der Waals surface area contributed by atoms with Gasteiger partial charge in [-0.05, 0) is 12.0 Å². The lowest BCUT2D eigenvalue weighted by molar-refractivity contribution is -0.145. The minimum Gasteiger partial charge on any atom is -0.480 e. The molecule has 4 heteroatoms. The van der Waals surface area contributed by atoms with Gasteiger partial charge in [-0.25, -0.2) is 0 Å². The van der Waals surface area contributed by atoms with Crippen molar-refractivity contribution in [3.63, 3.8) is 0 Å². The van der Waals surface area contributed by atoms with Crippen molar-refractivity contribution in [3.05, 3.63) is 35.9 Å². The van der Waals surface area contributed by atoms with Crippen molar-refractivity contribution in [1.29, 1.82) is 0 Å². The van der Waals surface area contributed by atoms with Crippen LogP contribution in [0.2, 0.25) is 0 Å². The highest BCUT2D eigenvalue weighted by Gasteiger charge is 2.16. The predicted molar refractivity (Wildman–Crippen MR) is 73.6 cm³/mol. The van der Waals surface area contributed by atoms with E-state index in [-0.39, 0.29) is 12.5 Å². The van der Waals surface area contributed by atoms with Crippen LogP contribution < -0.4 is 0 Å².